The van der Waals surface area contributed by atoms with Crippen molar-refractivity contribution in [1.82, 2.24) is 4.57 Å². The number of nitriles is 4. The third kappa shape index (κ3) is 7.86. The van der Waals surface area contributed by atoms with Crippen LogP contribution in [0.25, 0.3) is 34.0 Å². The molecule has 0 spiro atoms. The van der Waals surface area contributed by atoms with Crippen molar-refractivity contribution in [3.63, 3.8) is 0 Å². The average molecular weight is 644 g/mol. The van der Waals surface area contributed by atoms with Crippen LogP contribution in [0.3, 0.4) is 0 Å². The number of aryl methyl sites for hydroxylation is 1. The first-order valence-corrected chi connectivity index (χ1v) is 17.4. The third-order valence-corrected chi connectivity index (χ3v) is 9.69. The Morgan fingerprint density at radius 3 is 1.82 bits per heavy atom. The quantitative estimate of drug-likeness (QED) is 0.171. The summed E-state index contributed by atoms with van der Waals surface area (Å²) in [6.07, 6.45) is 20.5. The number of allylic oxidation sites excluding steroid dienone is 10. The van der Waals surface area contributed by atoms with Gasteiger partial charge in [-0.3, -0.25) is 0 Å². The van der Waals surface area contributed by atoms with Gasteiger partial charge in [-0.15, -0.1) is 0 Å². The van der Waals surface area contributed by atoms with E-state index in [1.165, 1.54) is 41.1 Å². The second kappa shape index (κ2) is 14.8. The molecule has 0 amide bonds. The van der Waals surface area contributed by atoms with Gasteiger partial charge in [0.1, 0.15) is 35.4 Å². The summed E-state index contributed by atoms with van der Waals surface area (Å²) in [5, 5.41) is 41.0. The zero-order valence-corrected chi connectivity index (χ0v) is 29.5. The molecule has 0 N–H and O–H groups in total. The number of hydrogen-bond acceptors (Lipinski definition) is 4. The largest absolute Gasteiger partial charge is 0.340 e. The summed E-state index contributed by atoms with van der Waals surface area (Å²) in [6, 6.07) is 21.5. The smallest absolute Gasteiger partial charge is 0.132 e. The second-order valence-electron chi connectivity index (χ2n) is 15.1. The summed E-state index contributed by atoms with van der Waals surface area (Å²) >= 11 is 0. The lowest BCUT2D eigenvalue weighted by atomic mass is 9.74. The van der Waals surface area contributed by atoms with E-state index in [0.29, 0.717) is 12.8 Å². The summed E-state index contributed by atoms with van der Waals surface area (Å²) in [4.78, 5) is 0. The normalized spacial score (nSPS) is 17.0. The van der Waals surface area contributed by atoms with Crippen molar-refractivity contribution in [3.05, 3.63) is 105 Å². The number of aromatic nitrogens is 1. The molecule has 0 radical (unpaired) electrons. The molecule has 2 aliphatic rings. The van der Waals surface area contributed by atoms with Crippen LogP contribution >= 0.6 is 0 Å². The number of para-hydroxylation sites is 1. The molecule has 5 rings (SSSR count). The van der Waals surface area contributed by atoms with Gasteiger partial charge < -0.3 is 4.57 Å². The highest BCUT2D eigenvalue weighted by Gasteiger charge is 2.28. The van der Waals surface area contributed by atoms with E-state index in [0.717, 1.165) is 59.2 Å². The Balaban J connectivity index is 1.72. The average Bonchev–Trinajstić information content (AvgIpc) is 3.38. The maximum atomic E-state index is 9.65. The van der Waals surface area contributed by atoms with Crippen molar-refractivity contribution in [1.29, 1.82) is 21.0 Å². The predicted molar refractivity (Wildman–Crippen MR) is 200 cm³/mol. The SMILES string of the molecule is CCCCCCn1c2ccccc2c2ccc(/C=C/C3=CC(=C(C#N)C#N)CC(C)(C)C3)c(/C=C/C3=CC(=C(C#N)C#N)CC(C)(C)C3)c21. The Labute approximate surface area is 291 Å². The van der Waals surface area contributed by atoms with Gasteiger partial charge in [0.05, 0.1) is 5.52 Å². The van der Waals surface area contributed by atoms with Crippen LogP contribution in [0.1, 0.15) is 97.1 Å². The molecule has 5 nitrogen and oxygen atoms in total. The van der Waals surface area contributed by atoms with Crippen LogP contribution < -0.4 is 0 Å². The lowest BCUT2D eigenvalue weighted by Crippen LogP contribution is -2.17. The molecule has 5 heteroatoms. The van der Waals surface area contributed by atoms with E-state index in [1.807, 2.05) is 12.2 Å². The molecule has 2 aliphatic carbocycles. The fourth-order valence-corrected chi connectivity index (χ4v) is 7.61. The van der Waals surface area contributed by atoms with E-state index >= 15 is 0 Å². The lowest BCUT2D eigenvalue weighted by molar-refractivity contribution is 0.354. The minimum absolute atomic E-state index is 0.0719. The van der Waals surface area contributed by atoms with Crippen LogP contribution in [0.4, 0.5) is 0 Å². The van der Waals surface area contributed by atoms with E-state index < -0.39 is 0 Å². The second-order valence-corrected chi connectivity index (χ2v) is 15.1. The molecule has 3 aromatic rings. The van der Waals surface area contributed by atoms with Crippen LogP contribution in [-0.2, 0) is 6.54 Å². The predicted octanol–water partition coefficient (Wildman–Crippen LogP) is 11.6. The standard InChI is InChI=1S/C44H45N5/c1-6-7-8-11-20-49-41-13-10-9-12-39(41)40-19-17-33(16-14-31-21-34(36(27-45)28-46)25-43(2,3)23-31)38(42(40)49)18-15-32-22-35(37(29-47)30-48)26-44(4,5)24-32/h9-10,12-19,21-22H,6-8,11,20,23-26H2,1-5H3/b16-14+,18-15+. The Morgan fingerprint density at radius 1 is 0.673 bits per heavy atom. The molecular weight excluding hydrogens is 599 g/mol. The maximum absolute atomic E-state index is 9.65. The fraction of sp³-hybridized carbons (Fsp3) is 0.364. The number of hydrogen-bond donors (Lipinski definition) is 0. The number of unbranched alkanes of at least 4 members (excludes halogenated alkanes) is 3. The summed E-state index contributed by atoms with van der Waals surface area (Å²) in [5.41, 5.74) is 8.64. The minimum atomic E-state index is -0.0805. The van der Waals surface area contributed by atoms with Crippen LogP contribution in [0.5, 0.6) is 0 Å². The van der Waals surface area contributed by atoms with Gasteiger partial charge in [-0.25, -0.2) is 0 Å². The van der Waals surface area contributed by atoms with Crippen LogP contribution in [0, 0.1) is 56.2 Å². The zero-order chi connectivity index (χ0) is 35.2. The summed E-state index contributed by atoms with van der Waals surface area (Å²) in [5.74, 6) is 0. The van der Waals surface area contributed by atoms with Gasteiger partial charge in [0.15, 0.2) is 0 Å². The number of nitrogens with zero attached hydrogens (tertiary/aromatic N) is 5. The van der Waals surface area contributed by atoms with E-state index in [9.17, 15) is 21.0 Å². The zero-order valence-electron chi connectivity index (χ0n) is 29.5. The summed E-state index contributed by atoms with van der Waals surface area (Å²) in [7, 11) is 0. The molecule has 2 aromatic carbocycles. The Bertz CT molecular complexity index is 2110. The third-order valence-electron chi connectivity index (χ3n) is 9.69. The van der Waals surface area contributed by atoms with Crippen molar-refractivity contribution in [2.75, 3.05) is 0 Å². The van der Waals surface area contributed by atoms with Crippen molar-refractivity contribution < 1.29 is 0 Å². The van der Waals surface area contributed by atoms with Gasteiger partial charge in [-0.05, 0) is 76.9 Å². The molecule has 0 bridgehead atoms. The molecule has 1 heterocycles. The van der Waals surface area contributed by atoms with Crippen molar-refractivity contribution in [3.8, 4) is 24.3 Å². The first kappa shape index (κ1) is 35.0. The summed E-state index contributed by atoms with van der Waals surface area (Å²) in [6.45, 7) is 11.9. The molecule has 0 atom stereocenters. The molecule has 0 fully saturated rings. The van der Waals surface area contributed by atoms with E-state index in [-0.39, 0.29) is 22.0 Å². The van der Waals surface area contributed by atoms with Gasteiger partial charge in [-0.1, -0.05) is 121 Å². The van der Waals surface area contributed by atoms with Gasteiger partial charge in [0, 0.05) is 28.4 Å². The molecule has 0 saturated carbocycles. The van der Waals surface area contributed by atoms with E-state index in [1.54, 1.807) is 0 Å². The van der Waals surface area contributed by atoms with Gasteiger partial charge in [0.25, 0.3) is 0 Å². The highest BCUT2D eigenvalue weighted by molar-refractivity contribution is 6.11. The molecule has 1 aromatic heterocycles. The number of rotatable bonds is 9. The van der Waals surface area contributed by atoms with Crippen molar-refractivity contribution in [2.45, 2.75) is 92.5 Å². The van der Waals surface area contributed by atoms with E-state index in [4.69, 9.17) is 0 Å². The van der Waals surface area contributed by atoms with Crippen molar-refractivity contribution in [2.24, 2.45) is 10.8 Å². The Hall–Kier alpha value is -5.36. The fourth-order valence-electron chi connectivity index (χ4n) is 7.61. The molecule has 49 heavy (non-hydrogen) atoms. The van der Waals surface area contributed by atoms with Gasteiger partial charge in [0.2, 0.25) is 0 Å². The Kier molecular flexibility index (Phi) is 10.6. The van der Waals surface area contributed by atoms with Crippen molar-refractivity contribution >= 4 is 34.0 Å². The summed E-state index contributed by atoms with van der Waals surface area (Å²) < 4.78 is 2.49. The van der Waals surface area contributed by atoms with Crippen LogP contribution in [0.15, 0.2) is 94.1 Å². The Morgan fingerprint density at radius 2 is 1.24 bits per heavy atom. The van der Waals surface area contributed by atoms with E-state index in [2.05, 4.69) is 124 Å². The number of benzene rings is 2. The number of fused-ring (bicyclic) bond motifs is 3. The molecular formula is C44H45N5. The first-order chi connectivity index (χ1) is 23.5. The van der Waals surface area contributed by atoms with Crippen LogP contribution in [-0.4, -0.2) is 4.57 Å². The highest BCUT2D eigenvalue weighted by Crippen LogP contribution is 2.42. The van der Waals surface area contributed by atoms with Gasteiger partial charge in [-0.2, -0.15) is 21.0 Å². The topological polar surface area (TPSA) is 100 Å². The molecule has 246 valence electrons. The lowest BCUT2D eigenvalue weighted by Gasteiger charge is -2.30. The monoisotopic (exact) mass is 643 g/mol. The molecule has 0 aliphatic heterocycles. The first-order valence-electron chi connectivity index (χ1n) is 17.4. The maximum Gasteiger partial charge on any atom is 0.132 e. The van der Waals surface area contributed by atoms with Crippen LogP contribution in [0.2, 0.25) is 0 Å². The van der Waals surface area contributed by atoms with Gasteiger partial charge >= 0.3 is 0 Å². The molecule has 0 saturated heterocycles. The minimum Gasteiger partial charge on any atom is -0.340 e. The highest BCUT2D eigenvalue weighted by atomic mass is 15.0. The molecule has 0 unspecified atom stereocenters.